The van der Waals surface area contributed by atoms with Gasteiger partial charge in [0.1, 0.15) is 6.04 Å². The molecule has 7 nitrogen and oxygen atoms in total. The van der Waals surface area contributed by atoms with E-state index in [1.54, 1.807) is 13.1 Å². The summed E-state index contributed by atoms with van der Waals surface area (Å²) in [6.07, 6.45) is 1.58. The molecular formula is C11H16N4O3. The lowest BCUT2D eigenvalue weighted by atomic mass is 10.3. The van der Waals surface area contributed by atoms with Crippen LogP contribution in [0.25, 0.3) is 0 Å². The molecule has 2 N–H and O–H groups in total. The van der Waals surface area contributed by atoms with E-state index >= 15 is 0 Å². The maximum Gasteiger partial charge on any atom is 0.269 e. The van der Waals surface area contributed by atoms with E-state index in [1.165, 1.54) is 6.07 Å². The third-order valence-corrected chi connectivity index (χ3v) is 2.97. The first-order valence-electron chi connectivity index (χ1n) is 5.80. The Balaban J connectivity index is 2.24. The Hall–Kier alpha value is -1.89. The topological polar surface area (TPSA) is 90.5 Å². The summed E-state index contributed by atoms with van der Waals surface area (Å²) in [4.78, 5) is 24.9. The van der Waals surface area contributed by atoms with E-state index in [0.29, 0.717) is 13.2 Å². The van der Waals surface area contributed by atoms with Gasteiger partial charge >= 0.3 is 0 Å². The Morgan fingerprint density at radius 2 is 2.17 bits per heavy atom. The summed E-state index contributed by atoms with van der Waals surface area (Å²) in [7, 11) is 0. The number of anilines is 1. The molecule has 0 radical (unpaired) electrons. The highest BCUT2D eigenvalue weighted by molar-refractivity contribution is 5.77. The highest BCUT2D eigenvalue weighted by atomic mass is 16.5. The molecule has 0 aliphatic carbocycles. The van der Waals surface area contributed by atoms with Gasteiger partial charge in [0.15, 0.2) is 0 Å². The van der Waals surface area contributed by atoms with E-state index in [2.05, 4.69) is 5.10 Å². The number of primary amides is 1. The van der Waals surface area contributed by atoms with Crippen LogP contribution in [-0.4, -0.2) is 42.0 Å². The smallest absolute Gasteiger partial charge is 0.269 e. The molecule has 2 rings (SSSR count). The highest BCUT2D eigenvalue weighted by Gasteiger charge is 2.16. The van der Waals surface area contributed by atoms with Crippen LogP contribution in [0.5, 0.6) is 0 Å². The normalized spacial score (nSPS) is 17.5. The molecule has 1 fully saturated rings. The zero-order valence-corrected chi connectivity index (χ0v) is 10.2. The predicted molar refractivity (Wildman–Crippen MR) is 65.4 cm³/mol. The van der Waals surface area contributed by atoms with Crippen molar-refractivity contribution in [3.05, 3.63) is 22.6 Å². The molecule has 98 valence electrons. The molecule has 1 aliphatic heterocycles. The summed E-state index contributed by atoms with van der Waals surface area (Å²) in [6.45, 7) is 4.29. The van der Waals surface area contributed by atoms with Crippen molar-refractivity contribution >= 4 is 11.6 Å². The number of rotatable bonds is 3. The molecule has 1 aromatic heterocycles. The summed E-state index contributed by atoms with van der Waals surface area (Å²) in [5.74, 6) is -0.580. The van der Waals surface area contributed by atoms with E-state index in [0.717, 1.165) is 23.5 Å². The van der Waals surface area contributed by atoms with Crippen molar-refractivity contribution in [3.8, 4) is 0 Å². The Morgan fingerprint density at radius 3 is 2.72 bits per heavy atom. The lowest BCUT2D eigenvalue weighted by molar-refractivity contribution is -0.121. The Morgan fingerprint density at radius 1 is 1.50 bits per heavy atom. The zero-order chi connectivity index (χ0) is 13.1. The van der Waals surface area contributed by atoms with E-state index in [4.69, 9.17) is 10.5 Å². The summed E-state index contributed by atoms with van der Waals surface area (Å²) >= 11 is 0. The minimum Gasteiger partial charge on any atom is -0.378 e. The van der Waals surface area contributed by atoms with Crippen LogP contribution < -0.4 is 16.2 Å². The standard InChI is InChI=1S/C11H16N4O3/c1-8(11(12)17)15-10(16)6-9(7-13-15)14-2-4-18-5-3-14/h6-8H,2-5H2,1H3,(H2,12,17)/t8-/m1/s1. The number of nitrogens with two attached hydrogens (primary N) is 1. The number of hydrogen-bond acceptors (Lipinski definition) is 5. The van der Waals surface area contributed by atoms with Crippen LogP contribution in [0.2, 0.25) is 0 Å². The lowest BCUT2D eigenvalue weighted by Crippen LogP contribution is -2.38. The fourth-order valence-corrected chi connectivity index (χ4v) is 1.81. The summed E-state index contributed by atoms with van der Waals surface area (Å²) in [5, 5.41) is 4.00. The second kappa shape index (κ2) is 5.18. The van der Waals surface area contributed by atoms with Gasteiger partial charge in [-0.1, -0.05) is 0 Å². The van der Waals surface area contributed by atoms with Crippen molar-refractivity contribution in [1.29, 1.82) is 0 Å². The fourth-order valence-electron chi connectivity index (χ4n) is 1.81. The molecule has 1 amide bonds. The van der Waals surface area contributed by atoms with Crippen molar-refractivity contribution in [2.75, 3.05) is 31.2 Å². The maximum atomic E-state index is 11.9. The molecule has 1 saturated heterocycles. The zero-order valence-electron chi connectivity index (χ0n) is 10.2. The van der Waals surface area contributed by atoms with Crippen molar-refractivity contribution in [1.82, 2.24) is 9.78 Å². The predicted octanol–water partition coefficient (Wildman–Crippen LogP) is -0.874. The third kappa shape index (κ3) is 2.51. The summed E-state index contributed by atoms with van der Waals surface area (Å²) in [6, 6.07) is 0.730. The van der Waals surface area contributed by atoms with Gasteiger partial charge in [0.05, 0.1) is 25.1 Å². The van der Waals surface area contributed by atoms with Gasteiger partial charge in [0, 0.05) is 19.2 Å². The van der Waals surface area contributed by atoms with Crippen molar-refractivity contribution in [2.24, 2.45) is 5.73 Å². The molecule has 0 unspecified atom stereocenters. The highest BCUT2D eigenvalue weighted by Crippen LogP contribution is 2.12. The minimum atomic E-state index is -0.740. The molecule has 0 saturated carbocycles. The monoisotopic (exact) mass is 252 g/mol. The van der Waals surface area contributed by atoms with Crippen LogP contribution in [0.1, 0.15) is 13.0 Å². The molecule has 1 aliphatic rings. The number of carbonyl (C=O) groups is 1. The Labute approximate surface area is 104 Å². The van der Waals surface area contributed by atoms with Crippen LogP contribution in [0, 0.1) is 0 Å². The van der Waals surface area contributed by atoms with Crippen LogP contribution in [0.3, 0.4) is 0 Å². The number of nitrogens with zero attached hydrogens (tertiary/aromatic N) is 3. The van der Waals surface area contributed by atoms with Gasteiger partial charge in [-0.25, -0.2) is 4.68 Å². The van der Waals surface area contributed by atoms with Crippen molar-refractivity contribution in [3.63, 3.8) is 0 Å². The van der Waals surface area contributed by atoms with Gasteiger partial charge < -0.3 is 15.4 Å². The Kier molecular flexibility index (Phi) is 3.61. The minimum absolute atomic E-state index is 0.328. The number of hydrogen-bond donors (Lipinski definition) is 1. The first-order valence-corrected chi connectivity index (χ1v) is 5.80. The van der Waals surface area contributed by atoms with Crippen molar-refractivity contribution in [2.45, 2.75) is 13.0 Å². The first-order chi connectivity index (χ1) is 8.59. The molecule has 0 aromatic carbocycles. The van der Waals surface area contributed by atoms with E-state index < -0.39 is 11.9 Å². The number of aromatic nitrogens is 2. The second-order valence-corrected chi connectivity index (χ2v) is 4.17. The number of carbonyl (C=O) groups excluding carboxylic acids is 1. The van der Waals surface area contributed by atoms with E-state index in [1.807, 2.05) is 4.90 Å². The molecule has 1 aromatic rings. The molecule has 0 spiro atoms. The van der Waals surface area contributed by atoms with Gasteiger partial charge in [-0.05, 0) is 6.92 Å². The van der Waals surface area contributed by atoms with Crippen LogP contribution >= 0.6 is 0 Å². The van der Waals surface area contributed by atoms with Gasteiger partial charge in [0.2, 0.25) is 5.91 Å². The fraction of sp³-hybridized carbons (Fsp3) is 0.545. The maximum absolute atomic E-state index is 11.9. The van der Waals surface area contributed by atoms with Gasteiger partial charge in [-0.3, -0.25) is 9.59 Å². The quantitative estimate of drug-likeness (QED) is 0.755. The van der Waals surface area contributed by atoms with Crippen LogP contribution in [0.15, 0.2) is 17.1 Å². The van der Waals surface area contributed by atoms with E-state index in [-0.39, 0.29) is 5.56 Å². The van der Waals surface area contributed by atoms with Gasteiger partial charge in [-0.15, -0.1) is 0 Å². The molecule has 18 heavy (non-hydrogen) atoms. The van der Waals surface area contributed by atoms with Crippen LogP contribution in [0.4, 0.5) is 5.69 Å². The largest absolute Gasteiger partial charge is 0.378 e. The number of ether oxygens (including phenoxy) is 1. The van der Waals surface area contributed by atoms with Gasteiger partial charge in [0.25, 0.3) is 5.56 Å². The summed E-state index contributed by atoms with van der Waals surface area (Å²) < 4.78 is 6.33. The Bertz CT molecular complexity index is 493. The molecule has 2 heterocycles. The molecular weight excluding hydrogens is 236 g/mol. The van der Waals surface area contributed by atoms with Crippen molar-refractivity contribution < 1.29 is 9.53 Å². The molecule has 0 bridgehead atoms. The lowest BCUT2D eigenvalue weighted by Gasteiger charge is -2.28. The average Bonchev–Trinajstić information content (AvgIpc) is 2.38. The van der Waals surface area contributed by atoms with Gasteiger partial charge in [-0.2, -0.15) is 5.10 Å². The number of amides is 1. The van der Waals surface area contributed by atoms with Crippen LogP contribution in [-0.2, 0) is 9.53 Å². The second-order valence-electron chi connectivity index (χ2n) is 4.17. The molecule has 7 heteroatoms. The number of morpholine rings is 1. The molecule has 1 atom stereocenters. The average molecular weight is 252 g/mol. The third-order valence-electron chi connectivity index (χ3n) is 2.97. The van der Waals surface area contributed by atoms with E-state index in [9.17, 15) is 9.59 Å². The summed E-state index contributed by atoms with van der Waals surface area (Å²) in [5.41, 5.74) is 5.57. The first kappa shape index (κ1) is 12.6. The SMILES string of the molecule is C[C@H](C(N)=O)n1ncc(N2CCOCC2)cc1=O.